The molecule has 3 saturated carbocycles. The summed E-state index contributed by atoms with van der Waals surface area (Å²) in [5.41, 5.74) is -2.04. The average molecular weight is 641 g/mol. The molecule has 6 nitrogen and oxygen atoms in total. The van der Waals surface area contributed by atoms with E-state index in [-0.39, 0.29) is 58.7 Å². The lowest BCUT2D eigenvalue weighted by Crippen LogP contribution is -2.67. The van der Waals surface area contributed by atoms with Crippen molar-refractivity contribution >= 4 is 23.4 Å². The van der Waals surface area contributed by atoms with Crippen LogP contribution in [-0.4, -0.2) is 57.8 Å². The van der Waals surface area contributed by atoms with E-state index in [4.69, 9.17) is 11.6 Å². The third-order valence-corrected chi connectivity index (χ3v) is 13.4. The number of urea groups is 1. The number of halogens is 2. The largest absolute Gasteiger partial charge is 0.393 e. The molecule has 0 radical (unpaired) electrons. The quantitative estimate of drug-likeness (QED) is 0.267. The highest BCUT2D eigenvalue weighted by Crippen LogP contribution is 2.78. The van der Waals surface area contributed by atoms with Gasteiger partial charge in [0.1, 0.15) is 5.82 Å². The van der Waals surface area contributed by atoms with E-state index in [0.717, 1.165) is 38.5 Å². The maximum absolute atomic E-state index is 15.0. The standard InChI is InChI=1S/C37H50ClFN2O4/c1-6-18-41(32(44)40-23(2)3)22-36(45)15-12-31-34(36,5)14-11-30-33(4)13-10-24(42)20-35(33)16-17-37(30,31)26(21-35)29(43)19-25-27(38)8-7-9-28(25)39/h7-9,16-17,21,23-24,30-31,42,45H,6,10-15,18-20,22H2,1-5H3,(H,40,44). The van der Waals surface area contributed by atoms with Crippen molar-refractivity contribution in [1.82, 2.24) is 10.2 Å². The van der Waals surface area contributed by atoms with Crippen molar-refractivity contribution in [3.05, 3.63) is 58.4 Å². The monoisotopic (exact) mass is 640 g/mol. The summed E-state index contributed by atoms with van der Waals surface area (Å²) in [5, 5.41) is 26.8. The number of Topliss-reactive ketones (excluding diaryl/α,β-unsaturated/α-hetero) is 1. The minimum absolute atomic E-state index is 0.0148. The van der Waals surface area contributed by atoms with Crippen LogP contribution in [0.2, 0.25) is 5.02 Å². The molecule has 3 fully saturated rings. The van der Waals surface area contributed by atoms with Crippen LogP contribution in [0.1, 0.15) is 91.5 Å². The van der Waals surface area contributed by atoms with Crippen molar-refractivity contribution in [3.8, 4) is 0 Å². The molecular weight excluding hydrogens is 591 g/mol. The molecule has 7 rings (SSSR count). The summed E-state index contributed by atoms with van der Waals surface area (Å²) in [6, 6.07) is 4.34. The predicted molar refractivity (Wildman–Crippen MR) is 174 cm³/mol. The second-order valence-corrected chi connectivity index (χ2v) is 16.0. The third-order valence-electron chi connectivity index (χ3n) is 13.1. The maximum atomic E-state index is 15.0. The number of aliphatic hydroxyl groups is 2. The Kier molecular flexibility index (Phi) is 8.14. The Morgan fingerprint density at radius 1 is 1.09 bits per heavy atom. The summed E-state index contributed by atoms with van der Waals surface area (Å²) in [6.45, 7) is 11.2. The van der Waals surface area contributed by atoms with Crippen molar-refractivity contribution in [3.63, 3.8) is 0 Å². The summed E-state index contributed by atoms with van der Waals surface area (Å²) in [6.07, 6.45) is 11.9. The number of ketones is 1. The van der Waals surface area contributed by atoms with Gasteiger partial charge in [-0.25, -0.2) is 9.18 Å². The Morgan fingerprint density at radius 2 is 1.78 bits per heavy atom. The summed E-state index contributed by atoms with van der Waals surface area (Å²) >= 11 is 6.43. The van der Waals surface area contributed by atoms with Crippen LogP contribution >= 0.6 is 11.6 Å². The van der Waals surface area contributed by atoms with Gasteiger partial charge in [0.25, 0.3) is 0 Å². The number of aliphatic hydroxyl groups excluding tert-OH is 1. The van der Waals surface area contributed by atoms with Crippen LogP contribution in [0.25, 0.3) is 0 Å². The molecule has 3 N–H and O–H groups in total. The fourth-order valence-electron chi connectivity index (χ4n) is 10.8. The van der Waals surface area contributed by atoms with Gasteiger partial charge in [0.2, 0.25) is 0 Å². The van der Waals surface area contributed by atoms with Crippen LogP contribution in [0.15, 0.2) is 42.0 Å². The third kappa shape index (κ3) is 4.69. The molecule has 6 aliphatic rings. The molecule has 0 aliphatic heterocycles. The lowest BCUT2D eigenvalue weighted by Gasteiger charge is -2.71. The number of fused-ring (bicyclic) bond motifs is 1. The zero-order valence-electron chi connectivity index (χ0n) is 27.5. The highest BCUT2D eigenvalue weighted by molar-refractivity contribution is 6.31. The van der Waals surface area contributed by atoms with Gasteiger partial charge in [-0.2, -0.15) is 0 Å². The summed E-state index contributed by atoms with van der Waals surface area (Å²) < 4.78 is 15.0. The number of hydrogen-bond donors (Lipinski definition) is 3. The zero-order valence-corrected chi connectivity index (χ0v) is 28.2. The molecule has 8 unspecified atom stereocenters. The molecule has 8 atom stereocenters. The van der Waals surface area contributed by atoms with Crippen molar-refractivity contribution < 1.29 is 24.2 Å². The fraction of sp³-hybridized carbons (Fsp3) is 0.676. The average Bonchev–Trinajstić information content (AvgIpc) is 3.24. The lowest BCUT2D eigenvalue weighted by molar-refractivity contribution is -0.177. The van der Waals surface area contributed by atoms with Crippen LogP contribution in [0.4, 0.5) is 9.18 Å². The Morgan fingerprint density at radius 3 is 2.47 bits per heavy atom. The summed E-state index contributed by atoms with van der Waals surface area (Å²) in [5.74, 6) is -0.534. The van der Waals surface area contributed by atoms with Gasteiger partial charge in [-0.05, 0) is 94.6 Å². The van der Waals surface area contributed by atoms with Crippen molar-refractivity contribution in [2.45, 2.75) is 110 Å². The molecular formula is C37H50ClFN2O4. The van der Waals surface area contributed by atoms with E-state index in [9.17, 15) is 19.8 Å². The molecule has 2 spiro atoms. The van der Waals surface area contributed by atoms with Gasteiger partial charge in [0.15, 0.2) is 5.78 Å². The van der Waals surface area contributed by atoms with E-state index >= 15 is 4.39 Å². The second-order valence-electron chi connectivity index (χ2n) is 15.6. The van der Waals surface area contributed by atoms with E-state index in [1.54, 1.807) is 17.0 Å². The summed E-state index contributed by atoms with van der Waals surface area (Å²) in [7, 11) is 0. The van der Waals surface area contributed by atoms with Crippen LogP contribution in [0, 0.1) is 39.3 Å². The van der Waals surface area contributed by atoms with Crippen LogP contribution in [0.3, 0.4) is 0 Å². The Hall–Kier alpha value is -2.22. The number of carbonyl (C=O) groups is 2. The predicted octanol–water partition coefficient (Wildman–Crippen LogP) is 7.01. The van der Waals surface area contributed by atoms with Gasteiger partial charge >= 0.3 is 6.03 Å². The highest BCUT2D eigenvalue weighted by Gasteiger charge is 2.74. The van der Waals surface area contributed by atoms with Crippen molar-refractivity contribution in [1.29, 1.82) is 0 Å². The lowest BCUT2D eigenvalue weighted by atomic mass is 9.32. The van der Waals surface area contributed by atoms with E-state index in [0.29, 0.717) is 25.0 Å². The highest BCUT2D eigenvalue weighted by atomic mass is 35.5. The number of amides is 2. The zero-order chi connectivity index (χ0) is 32.6. The topological polar surface area (TPSA) is 89.9 Å². The number of allylic oxidation sites excluding steroid dienone is 4. The molecule has 1 aromatic rings. The van der Waals surface area contributed by atoms with Crippen LogP contribution < -0.4 is 5.32 Å². The van der Waals surface area contributed by atoms with Gasteiger partial charge in [0.05, 0.1) is 18.2 Å². The van der Waals surface area contributed by atoms with Crippen molar-refractivity contribution in [2.24, 2.45) is 33.5 Å². The molecule has 2 amide bonds. The molecule has 0 aromatic heterocycles. The first kappa shape index (κ1) is 32.7. The number of carbonyl (C=O) groups excluding carboxylic acids is 2. The number of nitrogens with one attached hydrogen (secondary N) is 1. The molecule has 8 heteroatoms. The van der Waals surface area contributed by atoms with E-state index in [2.05, 4.69) is 37.4 Å². The number of nitrogens with zero attached hydrogens (tertiary/aromatic N) is 1. The van der Waals surface area contributed by atoms with Crippen LogP contribution in [-0.2, 0) is 11.2 Å². The second kappa shape index (κ2) is 11.2. The number of benzene rings is 1. The van der Waals surface area contributed by atoms with Gasteiger partial charge in [-0.3, -0.25) is 4.79 Å². The Labute approximate surface area is 272 Å². The smallest absolute Gasteiger partial charge is 0.317 e. The molecule has 0 heterocycles. The van der Waals surface area contributed by atoms with Gasteiger partial charge in [-0.15, -0.1) is 0 Å². The number of rotatable bonds is 8. The Bertz CT molecular complexity index is 1420. The van der Waals surface area contributed by atoms with E-state index in [1.807, 2.05) is 20.8 Å². The molecule has 45 heavy (non-hydrogen) atoms. The molecule has 2 bridgehead atoms. The maximum Gasteiger partial charge on any atom is 0.317 e. The van der Waals surface area contributed by atoms with Gasteiger partial charge in [-0.1, -0.05) is 56.7 Å². The molecule has 1 aromatic carbocycles. The normalized spacial score (nSPS) is 39.6. The van der Waals surface area contributed by atoms with Crippen LogP contribution in [0.5, 0.6) is 0 Å². The Balaban J connectivity index is 1.44. The first-order chi connectivity index (χ1) is 21.2. The molecule has 0 saturated heterocycles. The van der Waals surface area contributed by atoms with E-state index in [1.165, 1.54) is 6.07 Å². The first-order valence-electron chi connectivity index (χ1n) is 17.0. The molecule has 6 aliphatic carbocycles. The minimum atomic E-state index is -1.13. The fourth-order valence-corrected chi connectivity index (χ4v) is 11.0. The summed E-state index contributed by atoms with van der Waals surface area (Å²) in [4.78, 5) is 29.6. The SMILES string of the molecule is CCCN(CC1(O)CCC2C34C=CC5(C=C3C(=O)Cc3c(F)cccc3Cl)CC(O)CCC5(C)C4CCC21C)C(=O)NC(C)C. The minimum Gasteiger partial charge on any atom is -0.393 e. The van der Waals surface area contributed by atoms with Gasteiger partial charge < -0.3 is 20.4 Å². The van der Waals surface area contributed by atoms with Crippen molar-refractivity contribution in [2.75, 3.05) is 13.1 Å². The van der Waals surface area contributed by atoms with Gasteiger partial charge in [0, 0.05) is 51.4 Å². The molecule has 246 valence electrons. The number of hydrogen-bond acceptors (Lipinski definition) is 4. The first-order valence-corrected chi connectivity index (χ1v) is 17.4. The van der Waals surface area contributed by atoms with E-state index < -0.39 is 33.8 Å².